The molecule has 0 spiro atoms. The maximum Gasteiger partial charge on any atom is 0.123 e. The molecule has 0 amide bonds. The highest BCUT2D eigenvalue weighted by Crippen LogP contribution is 2.27. The summed E-state index contributed by atoms with van der Waals surface area (Å²) in [6.07, 6.45) is 2.02. The topological polar surface area (TPSA) is 12.0 Å². The summed E-state index contributed by atoms with van der Waals surface area (Å²) >= 11 is 0. The molecule has 1 atom stereocenters. The molecule has 1 aromatic rings. The first kappa shape index (κ1) is 14.2. The fraction of sp³-hybridized carbons (Fsp3) is 0.600. The van der Waals surface area contributed by atoms with Crippen molar-refractivity contribution in [3.05, 3.63) is 35.1 Å². The van der Waals surface area contributed by atoms with Gasteiger partial charge in [0.15, 0.2) is 0 Å². The molecular weight excluding hydrogens is 213 g/mol. The van der Waals surface area contributed by atoms with Gasteiger partial charge >= 0.3 is 0 Å². The molecule has 1 unspecified atom stereocenters. The Morgan fingerprint density at radius 1 is 1.29 bits per heavy atom. The van der Waals surface area contributed by atoms with Gasteiger partial charge in [-0.2, -0.15) is 0 Å². The second kappa shape index (κ2) is 6.15. The van der Waals surface area contributed by atoms with E-state index in [1.807, 2.05) is 6.07 Å². The Balaban J connectivity index is 2.82. The van der Waals surface area contributed by atoms with Gasteiger partial charge in [0.1, 0.15) is 5.82 Å². The molecule has 1 aromatic carbocycles. The second-order valence-corrected chi connectivity index (χ2v) is 5.19. The maximum absolute atomic E-state index is 13.3. The van der Waals surface area contributed by atoms with Crippen molar-refractivity contribution in [3.8, 4) is 0 Å². The third-order valence-corrected chi connectivity index (χ3v) is 3.58. The monoisotopic (exact) mass is 237 g/mol. The van der Waals surface area contributed by atoms with Crippen molar-refractivity contribution in [2.45, 2.75) is 40.5 Å². The summed E-state index contributed by atoms with van der Waals surface area (Å²) in [5, 5.41) is 3.40. The molecule has 0 aliphatic carbocycles. The van der Waals surface area contributed by atoms with Gasteiger partial charge in [-0.1, -0.05) is 26.8 Å². The van der Waals surface area contributed by atoms with Crippen LogP contribution in [0.1, 0.15) is 38.3 Å². The SMILES string of the molecule is CCNCC(C)(CC)Cc1cc(F)ccc1C. The van der Waals surface area contributed by atoms with Crippen molar-refractivity contribution in [2.24, 2.45) is 5.41 Å². The average molecular weight is 237 g/mol. The van der Waals surface area contributed by atoms with E-state index in [-0.39, 0.29) is 11.2 Å². The number of halogens is 1. The van der Waals surface area contributed by atoms with Crippen LogP contribution < -0.4 is 5.32 Å². The van der Waals surface area contributed by atoms with Gasteiger partial charge in [0.25, 0.3) is 0 Å². The van der Waals surface area contributed by atoms with Crippen molar-refractivity contribution in [2.75, 3.05) is 13.1 Å². The van der Waals surface area contributed by atoms with E-state index in [2.05, 4.69) is 33.0 Å². The number of hydrogen-bond donors (Lipinski definition) is 1. The van der Waals surface area contributed by atoms with E-state index in [0.717, 1.165) is 31.5 Å². The van der Waals surface area contributed by atoms with Crippen molar-refractivity contribution >= 4 is 0 Å². The molecule has 0 saturated carbocycles. The summed E-state index contributed by atoms with van der Waals surface area (Å²) in [7, 11) is 0. The molecule has 0 saturated heterocycles. The molecule has 2 heteroatoms. The van der Waals surface area contributed by atoms with E-state index in [0.29, 0.717) is 0 Å². The van der Waals surface area contributed by atoms with Crippen LogP contribution in [-0.2, 0) is 6.42 Å². The van der Waals surface area contributed by atoms with Crippen LogP contribution in [0.3, 0.4) is 0 Å². The van der Waals surface area contributed by atoms with Gasteiger partial charge in [-0.3, -0.25) is 0 Å². The lowest BCUT2D eigenvalue weighted by atomic mass is 9.80. The summed E-state index contributed by atoms with van der Waals surface area (Å²) in [6.45, 7) is 10.6. The van der Waals surface area contributed by atoms with E-state index in [4.69, 9.17) is 0 Å². The summed E-state index contributed by atoms with van der Waals surface area (Å²) in [4.78, 5) is 0. The lowest BCUT2D eigenvalue weighted by molar-refractivity contribution is 0.292. The van der Waals surface area contributed by atoms with Crippen LogP contribution in [0, 0.1) is 18.2 Å². The van der Waals surface area contributed by atoms with E-state index in [1.54, 1.807) is 6.07 Å². The van der Waals surface area contributed by atoms with Crippen LogP contribution in [0.5, 0.6) is 0 Å². The molecule has 96 valence electrons. The van der Waals surface area contributed by atoms with Crippen molar-refractivity contribution < 1.29 is 4.39 Å². The average Bonchev–Trinajstić information content (AvgIpc) is 2.31. The van der Waals surface area contributed by atoms with E-state index < -0.39 is 0 Å². The van der Waals surface area contributed by atoms with Crippen LogP contribution >= 0.6 is 0 Å². The molecule has 0 aromatic heterocycles. The molecule has 0 radical (unpaired) electrons. The first-order valence-electron chi connectivity index (χ1n) is 6.46. The Labute approximate surface area is 104 Å². The van der Waals surface area contributed by atoms with Gasteiger partial charge in [-0.25, -0.2) is 4.39 Å². The highest BCUT2D eigenvalue weighted by Gasteiger charge is 2.22. The van der Waals surface area contributed by atoms with E-state index >= 15 is 0 Å². The first-order chi connectivity index (χ1) is 8.00. The number of aryl methyl sites for hydroxylation is 1. The van der Waals surface area contributed by atoms with Gasteiger partial charge in [-0.05, 0) is 55.0 Å². The molecule has 1 rings (SSSR count). The zero-order valence-electron chi connectivity index (χ0n) is 11.4. The molecule has 1 nitrogen and oxygen atoms in total. The number of benzene rings is 1. The van der Waals surface area contributed by atoms with Gasteiger partial charge < -0.3 is 5.32 Å². The lowest BCUT2D eigenvalue weighted by Gasteiger charge is -2.29. The number of rotatable bonds is 6. The molecule has 17 heavy (non-hydrogen) atoms. The molecule has 0 heterocycles. The Morgan fingerprint density at radius 3 is 2.59 bits per heavy atom. The molecule has 1 N–H and O–H groups in total. The van der Waals surface area contributed by atoms with Crippen molar-refractivity contribution in [3.63, 3.8) is 0 Å². The molecular formula is C15H24FN. The predicted molar refractivity (Wildman–Crippen MR) is 71.8 cm³/mol. The predicted octanol–water partition coefficient (Wildman–Crippen LogP) is 3.70. The van der Waals surface area contributed by atoms with Crippen LogP contribution in [0.15, 0.2) is 18.2 Å². The zero-order chi connectivity index (χ0) is 12.9. The van der Waals surface area contributed by atoms with Gasteiger partial charge in [0, 0.05) is 6.54 Å². The minimum Gasteiger partial charge on any atom is -0.316 e. The maximum atomic E-state index is 13.3. The zero-order valence-corrected chi connectivity index (χ0v) is 11.4. The number of nitrogens with one attached hydrogen (secondary N) is 1. The highest BCUT2D eigenvalue weighted by atomic mass is 19.1. The summed E-state index contributed by atoms with van der Waals surface area (Å²) in [5.74, 6) is -0.132. The molecule has 0 bridgehead atoms. The summed E-state index contributed by atoms with van der Waals surface area (Å²) < 4.78 is 13.3. The van der Waals surface area contributed by atoms with Crippen LogP contribution in [0.4, 0.5) is 4.39 Å². The fourth-order valence-corrected chi connectivity index (χ4v) is 2.03. The quantitative estimate of drug-likeness (QED) is 0.795. The van der Waals surface area contributed by atoms with Crippen LogP contribution in [-0.4, -0.2) is 13.1 Å². The Morgan fingerprint density at radius 2 is 2.00 bits per heavy atom. The molecule has 0 fully saturated rings. The fourth-order valence-electron chi connectivity index (χ4n) is 2.03. The Hall–Kier alpha value is -0.890. The second-order valence-electron chi connectivity index (χ2n) is 5.19. The third kappa shape index (κ3) is 4.12. The third-order valence-electron chi connectivity index (χ3n) is 3.58. The van der Waals surface area contributed by atoms with Gasteiger partial charge in [-0.15, -0.1) is 0 Å². The number of hydrogen-bond acceptors (Lipinski definition) is 1. The molecule has 0 aliphatic rings. The minimum atomic E-state index is -0.132. The summed E-state index contributed by atoms with van der Waals surface area (Å²) in [6, 6.07) is 5.08. The van der Waals surface area contributed by atoms with Crippen molar-refractivity contribution in [1.82, 2.24) is 5.32 Å². The Bertz CT molecular complexity index is 362. The van der Waals surface area contributed by atoms with Crippen LogP contribution in [0.2, 0.25) is 0 Å². The van der Waals surface area contributed by atoms with Crippen molar-refractivity contribution in [1.29, 1.82) is 0 Å². The molecule has 0 aliphatic heterocycles. The smallest absolute Gasteiger partial charge is 0.123 e. The van der Waals surface area contributed by atoms with E-state index in [1.165, 1.54) is 11.6 Å². The standard InChI is InChI=1S/C15H24FN/c1-5-15(4,11-17-6-2)10-13-9-14(16)8-7-12(13)3/h7-9,17H,5-6,10-11H2,1-4H3. The Kier molecular flexibility index (Phi) is 5.13. The van der Waals surface area contributed by atoms with Crippen LogP contribution in [0.25, 0.3) is 0 Å². The summed E-state index contributed by atoms with van der Waals surface area (Å²) in [5.41, 5.74) is 2.52. The normalized spacial score (nSPS) is 14.6. The van der Waals surface area contributed by atoms with E-state index in [9.17, 15) is 4.39 Å². The minimum absolute atomic E-state index is 0.132. The highest BCUT2D eigenvalue weighted by molar-refractivity contribution is 5.27. The van der Waals surface area contributed by atoms with Gasteiger partial charge in [0.05, 0.1) is 0 Å². The largest absolute Gasteiger partial charge is 0.316 e. The first-order valence-corrected chi connectivity index (χ1v) is 6.46. The van der Waals surface area contributed by atoms with Gasteiger partial charge in [0.2, 0.25) is 0 Å². The lowest BCUT2D eigenvalue weighted by Crippen LogP contribution is -2.33.